The van der Waals surface area contributed by atoms with Crippen LogP contribution in [-0.2, 0) is 15.0 Å². The van der Waals surface area contributed by atoms with Gasteiger partial charge in [0.05, 0.1) is 5.53 Å². The van der Waals surface area contributed by atoms with E-state index in [2.05, 4.69) is 15.0 Å². The van der Waals surface area contributed by atoms with Gasteiger partial charge in [-0.15, -0.1) is 0 Å². The van der Waals surface area contributed by atoms with Crippen LogP contribution >= 0.6 is 0 Å². The van der Waals surface area contributed by atoms with Crippen LogP contribution in [0.4, 0.5) is 0 Å². The lowest BCUT2D eigenvalue weighted by Gasteiger charge is -1.90. The Morgan fingerprint density at radius 3 is 1.80 bits per heavy atom. The molecule has 0 aromatic heterocycles. The van der Waals surface area contributed by atoms with E-state index in [1.807, 2.05) is 0 Å². The molecule has 0 amide bonds. The summed E-state index contributed by atoms with van der Waals surface area (Å²) in [4.78, 5) is 7.42. The van der Waals surface area contributed by atoms with Gasteiger partial charge in [0.1, 0.15) is 0 Å². The summed E-state index contributed by atoms with van der Waals surface area (Å²) >= 11 is 0. The zero-order chi connectivity index (χ0) is 3.70. The molecule has 0 bridgehead atoms. The van der Waals surface area contributed by atoms with Crippen molar-refractivity contribution in [2.24, 2.45) is 0 Å². The van der Waals surface area contributed by atoms with Crippen molar-refractivity contribution in [1.29, 1.82) is 5.53 Å². The topological polar surface area (TPSA) is 54.6 Å². The van der Waals surface area contributed by atoms with Gasteiger partial charge in [0.25, 0.3) is 0 Å². The third-order valence-corrected chi connectivity index (χ3v) is 0.196. The summed E-state index contributed by atoms with van der Waals surface area (Å²) in [5.74, 6) is 0. The van der Waals surface area contributed by atoms with Gasteiger partial charge in [-0.2, -0.15) is 0 Å². The van der Waals surface area contributed by atoms with Crippen LogP contribution < -0.4 is 0 Å². The predicted molar refractivity (Wildman–Crippen MR) is 6.24 cm³/mol. The van der Waals surface area contributed by atoms with Crippen LogP contribution in [0, 0.1) is 5.53 Å². The fourth-order valence-corrected chi connectivity index (χ4v) is 0.0609. The van der Waals surface area contributed by atoms with E-state index in [-0.39, 0.29) is 0 Å². The lowest BCUT2D eigenvalue weighted by molar-refractivity contribution is -1.25. The quantitative estimate of drug-likeness (QED) is 0.406. The maximum absolute atomic E-state index is 6.18. The number of nitrogens with one attached hydrogen (secondary N) is 1. The van der Waals surface area contributed by atoms with E-state index in [9.17, 15) is 0 Å². The van der Waals surface area contributed by atoms with Gasteiger partial charge in [-0.05, 0) is 0 Å². The van der Waals surface area contributed by atoms with Crippen molar-refractivity contribution in [1.82, 2.24) is 0 Å². The Labute approximate surface area is 26.9 Å². The van der Waals surface area contributed by atoms with E-state index in [1.54, 1.807) is 0 Å². The van der Waals surface area contributed by atoms with E-state index in [4.69, 9.17) is 5.53 Å². The van der Waals surface area contributed by atoms with Crippen molar-refractivity contribution in [3.8, 4) is 0 Å². The van der Waals surface area contributed by atoms with Gasteiger partial charge in [-0.1, -0.05) is 0 Å². The summed E-state index contributed by atoms with van der Waals surface area (Å²) in [6, 6.07) is 0. The molecule has 1 saturated heterocycles. The normalized spacial score (nSPS) is 18.8. The van der Waals surface area contributed by atoms with E-state index in [1.165, 1.54) is 0 Å². The van der Waals surface area contributed by atoms with Crippen LogP contribution in [0.5, 0.6) is 0 Å². The molecule has 0 spiro atoms. The average molecular weight is 77.0 g/mol. The zero-order valence-electron chi connectivity index (χ0n) is 2.17. The van der Waals surface area contributed by atoms with E-state index in [0.717, 1.165) is 0 Å². The van der Waals surface area contributed by atoms with Gasteiger partial charge in [0.15, 0.2) is 5.04 Å². The molecular weight excluding hydrogens is 76.0 g/mol. The fraction of sp³-hybridized carbons (Fsp3) is 0. The highest BCUT2D eigenvalue weighted by molar-refractivity contribution is 2.99. The maximum atomic E-state index is 6.18. The lowest BCUT2D eigenvalue weighted by Crippen LogP contribution is -2.21. The maximum Gasteiger partial charge on any atom is 0.406 e. The first-order valence-electron chi connectivity index (χ1n) is 0.922. The molecule has 1 aliphatic rings. The minimum Gasteiger partial charge on any atom is 0.0436 e. The molecule has 0 radical (unpaired) electrons. The van der Waals surface area contributed by atoms with E-state index in [0.29, 0.717) is 5.02 Å². The second-order valence-corrected chi connectivity index (χ2v) is 0.474. The molecule has 5 heavy (non-hydrogen) atoms. The lowest BCUT2D eigenvalue weighted by atomic mass is 12.8. The molecule has 5 heteroatoms. The summed E-state index contributed by atoms with van der Waals surface area (Å²) in [5, 5.41) is 3.91. The van der Waals surface area contributed by atoms with Gasteiger partial charge in [0, 0.05) is 9.98 Å². The zero-order valence-corrected chi connectivity index (χ0v) is 2.17. The summed E-state index contributed by atoms with van der Waals surface area (Å²) < 4.78 is 0. The molecule has 0 aromatic carbocycles. The molecule has 1 aliphatic heterocycles. The standard InChI is InChI=1S/HN2O3/c1-2-3-5-4-2/h1H/q+1. The van der Waals surface area contributed by atoms with Gasteiger partial charge in [-0.25, -0.2) is 0 Å². The van der Waals surface area contributed by atoms with Crippen LogP contribution in [-0.4, -0.2) is 5.02 Å². The second kappa shape index (κ2) is 0.554. The van der Waals surface area contributed by atoms with Crippen LogP contribution in [0.15, 0.2) is 0 Å². The average Bonchev–Trinajstić information content (AvgIpc) is 1.30. The molecule has 0 unspecified atom stereocenters. The highest BCUT2D eigenvalue weighted by Gasteiger charge is 2.25. The van der Waals surface area contributed by atoms with E-state index >= 15 is 0 Å². The van der Waals surface area contributed by atoms with Crippen molar-refractivity contribution in [3.63, 3.8) is 0 Å². The van der Waals surface area contributed by atoms with Gasteiger partial charge >= 0.3 is 5.02 Å². The molecule has 1 N–H and O–H groups in total. The highest BCUT2D eigenvalue weighted by Crippen LogP contribution is 1.93. The molecule has 0 atom stereocenters. The van der Waals surface area contributed by atoms with Crippen molar-refractivity contribution in [2.45, 2.75) is 0 Å². The summed E-state index contributed by atoms with van der Waals surface area (Å²) in [6.45, 7) is 0. The molecule has 0 saturated carbocycles. The Kier molecular flexibility index (Phi) is 0.266. The largest absolute Gasteiger partial charge is 0.406 e. The minimum atomic E-state index is 0.333. The van der Waals surface area contributed by atoms with Gasteiger partial charge < -0.3 is 0 Å². The Morgan fingerprint density at radius 2 is 1.80 bits per heavy atom. The fourth-order valence-electron chi connectivity index (χ4n) is 0.0609. The first-order valence-corrected chi connectivity index (χ1v) is 0.922. The van der Waals surface area contributed by atoms with Crippen molar-refractivity contribution < 1.29 is 20.0 Å². The molecule has 0 aliphatic carbocycles. The van der Waals surface area contributed by atoms with E-state index < -0.39 is 0 Å². The predicted octanol–water partition coefficient (Wildman–Crippen LogP) is -0.247. The van der Waals surface area contributed by atoms with Crippen molar-refractivity contribution >= 4 is 0 Å². The molecule has 1 rings (SSSR count). The SMILES string of the molecule is N=[N+]1OOO1. The molecule has 1 heterocycles. The minimum absolute atomic E-state index is 0.333. The Bertz CT molecular complexity index is 51.9. The first kappa shape index (κ1) is 2.40. The van der Waals surface area contributed by atoms with Crippen molar-refractivity contribution in [3.05, 3.63) is 0 Å². The van der Waals surface area contributed by atoms with Crippen LogP contribution in [0.2, 0.25) is 0 Å². The molecule has 0 aromatic rings. The van der Waals surface area contributed by atoms with Crippen LogP contribution in [0.1, 0.15) is 0 Å². The molecule has 28 valence electrons. The highest BCUT2D eigenvalue weighted by atomic mass is 17.7. The van der Waals surface area contributed by atoms with Crippen molar-refractivity contribution in [2.75, 3.05) is 0 Å². The summed E-state index contributed by atoms with van der Waals surface area (Å²) in [7, 11) is 0. The Hall–Kier alpha value is -0.840. The molecular formula is HN2O3+. The Morgan fingerprint density at radius 1 is 1.40 bits per heavy atom. The number of nitrogens with zero attached hydrogens (tertiary/aromatic N) is 1. The third-order valence-electron chi connectivity index (χ3n) is 0.196. The molecule has 1 fully saturated rings. The number of hydrogen-bond acceptors (Lipinski definition) is 4. The first-order chi connectivity index (χ1) is 2.39. The Balaban J connectivity index is 2.32. The number of rotatable bonds is 0. The molecule has 5 nitrogen and oxygen atoms in total. The van der Waals surface area contributed by atoms with Crippen LogP contribution in [0.25, 0.3) is 0 Å². The monoisotopic (exact) mass is 77.0 g/mol. The van der Waals surface area contributed by atoms with Gasteiger partial charge in [-0.3, -0.25) is 0 Å². The van der Waals surface area contributed by atoms with Crippen LogP contribution in [0.3, 0.4) is 0 Å². The third kappa shape index (κ3) is 0.160. The summed E-state index contributed by atoms with van der Waals surface area (Å²) in [5.41, 5.74) is 6.18. The number of hydrogen-bond donors (Lipinski definition) is 1. The summed E-state index contributed by atoms with van der Waals surface area (Å²) in [6.07, 6.45) is 0. The smallest absolute Gasteiger partial charge is 0.0436 e. The second-order valence-electron chi connectivity index (χ2n) is 0.474. The van der Waals surface area contributed by atoms with Gasteiger partial charge in [0.2, 0.25) is 0 Å².